The highest BCUT2D eigenvalue weighted by Gasteiger charge is 2.73. The van der Waals surface area contributed by atoms with Crippen LogP contribution in [0.1, 0.15) is 34.8 Å². The van der Waals surface area contributed by atoms with E-state index in [1.807, 2.05) is 22.6 Å². The molecule has 2 aromatic rings. The number of carbonyl (C=O) groups is 1. The summed E-state index contributed by atoms with van der Waals surface area (Å²) < 4.78 is 97.8. The molecule has 0 heterocycles. The van der Waals surface area contributed by atoms with Gasteiger partial charge in [0, 0.05) is 18.2 Å². The number of aryl methyl sites for hydroxylation is 1. The number of halogens is 7. The number of rotatable bonds is 9. The molecule has 0 fully saturated rings. The number of hydrogen-bond donors (Lipinski definition) is 0. The highest BCUT2D eigenvalue weighted by atomic mass is 127. The molecule has 0 aliphatic heterocycles. The molecule has 0 N–H and O–H groups in total. The maximum absolute atomic E-state index is 13.8. The minimum absolute atomic E-state index is 0.0948. The van der Waals surface area contributed by atoms with Gasteiger partial charge >= 0.3 is 12.4 Å². The van der Waals surface area contributed by atoms with E-state index in [4.69, 9.17) is 4.74 Å². The largest absolute Gasteiger partial charge is 0.456 e. The van der Waals surface area contributed by atoms with E-state index >= 15 is 0 Å². The monoisotopic (exact) mass is 576 g/mol. The molecule has 0 aromatic heterocycles. The molecule has 0 atom stereocenters. The van der Waals surface area contributed by atoms with E-state index in [1.165, 1.54) is 18.2 Å². The van der Waals surface area contributed by atoms with Crippen molar-refractivity contribution in [3.05, 3.63) is 56.7 Å². The molecule has 0 saturated carbocycles. The van der Waals surface area contributed by atoms with Gasteiger partial charge in [-0.05, 0) is 64.9 Å². The van der Waals surface area contributed by atoms with Crippen molar-refractivity contribution in [1.82, 2.24) is 0 Å². The van der Waals surface area contributed by atoms with Crippen LogP contribution in [0.3, 0.4) is 0 Å². The van der Waals surface area contributed by atoms with E-state index < -0.39 is 30.3 Å². The zero-order valence-electron chi connectivity index (χ0n) is 16.9. The molecule has 0 spiro atoms. The molecule has 0 aliphatic rings. The molecule has 11 heteroatoms. The summed E-state index contributed by atoms with van der Waals surface area (Å²) in [4.78, 5) is 10.9. The molecule has 176 valence electrons. The lowest BCUT2D eigenvalue weighted by Gasteiger charge is -2.37. The summed E-state index contributed by atoms with van der Waals surface area (Å²) in [5.74, 6) is 0.396. The van der Waals surface area contributed by atoms with Gasteiger partial charge in [-0.25, -0.2) is 0 Å². The molecule has 0 saturated heterocycles. The van der Waals surface area contributed by atoms with Crippen LogP contribution in [0.2, 0.25) is 0 Å². The fourth-order valence-corrected chi connectivity index (χ4v) is 3.69. The first-order chi connectivity index (χ1) is 14.9. The summed E-state index contributed by atoms with van der Waals surface area (Å²) in [6, 6.07) is 7.03. The van der Waals surface area contributed by atoms with E-state index in [0.29, 0.717) is 33.7 Å². The van der Waals surface area contributed by atoms with Crippen molar-refractivity contribution >= 4 is 28.9 Å². The molecule has 0 unspecified atom stereocenters. The van der Waals surface area contributed by atoms with E-state index in [9.17, 15) is 31.1 Å². The molecular weight excluding hydrogens is 557 g/mol. The van der Waals surface area contributed by atoms with Crippen molar-refractivity contribution in [2.45, 2.75) is 37.7 Å². The average molecular weight is 576 g/mol. The lowest BCUT2D eigenvalue weighted by Crippen LogP contribution is -2.56. The average Bonchev–Trinajstić information content (AvgIpc) is 2.69. The molecule has 0 radical (unpaired) electrons. The van der Waals surface area contributed by atoms with Crippen molar-refractivity contribution in [2.24, 2.45) is 0 Å². The van der Waals surface area contributed by atoms with Crippen LogP contribution in [0, 0.1) is 3.57 Å². The number of carbonyl (C=O) groups excluding carboxylic acids is 1. The van der Waals surface area contributed by atoms with Gasteiger partial charge in [0.05, 0.1) is 3.57 Å². The zero-order chi connectivity index (χ0) is 24.2. The maximum Gasteiger partial charge on any atom is 0.430 e. The number of ether oxygens (including phenoxy) is 3. The molecular formula is C21H19F6IO4. The molecule has 4 nitrogen and oxygen atoms in total. The Kier molecular flexibility index (Phi) is 8.56. The van der Waals surface area contributed by atoms with Crippen LogP contribution in [-0.2, 0) is 21.5 Å². The van der Waals surface area contributed by atoms with Gasteiger partial charge in [0.25, 0.3) is 5.60 Å². The van der Waals surface area contributed by atoms with Crippen molar-refractivity contribution < 1.29 is 45.3 Å². The first kappa shape index (κ1) is 26.4. The van der Waals surface area contributed by atoms with Gasteiger partial charge in [-0.2, -0.15) is 26.3 Å². The third kappa shape index (κ3) is 5.37. The zero-order valence-corrected chi connectivity index (χ0v) is 19.1. The molecule has 0 bridgehead atoms. The number of aldehydes is 1. The Labute approximate surface area is 194 Å². The van der Waals surface area contributed by atoms with Crippen LogP contribution < -0.4 is 4.74 Å². The molecule has 32 heavy (non-hydrogen) atoms. The van der Waals surface area contributed by atoms with Crippen molar-refractivity contribution in [3.63, 3.8) is 0 Å². The summed E-state index contributed by atoms with van der Waals surface area (Å²) in [7, 11) is 0.925. The summed E-state index contributed by atoms with van der Waals surface area (Å²) in [5.41, 5.74) is -5.17. The quantitative estimate of drug-likeness (QED) is 0.143. The van der Waals surface area contributed by atoms with Crippen LogP contribution >= 0.6 is 22.6 Å². The third-order valence-corrected chi connectivity index (χ3v) is 5.33. The summed E-state index contributed by atoms with van der Waals surface area (Å²) >= 11 is 1.91. The maximum atomic E-state index is 13.8. The summed E-state index contributed by atoms with van der Waals surface area (Å²) in [5, 5.41) is 0. The lowest BCUT2D eigenvalue weighted by molar-refractivity contribution is -0.400. The van der Waals surface area contributed by atoms with E-state index in [0.717, 1.165) is 19.2 Å². The smallest absolute Gasteiger partial charge is 0.430 e. The number of benzene rings is 2. The molecule has 2 rings (SSSR count). The van der Waals surface area contributed by atoms with E-state index in [-0.39, 0.29) is 17.7 Å². The minimum Gasteiger partial charge on any atom is -0.456 e. The van der Waals surface area contributed by atoms with Crippen molar-refractivity contribution in [1.29, 1.82) is 0 Å². The number of alkyl halides is 6. The first-order valence-electron chi connectivity index (χ1n) is 9.23. The second-order valence-electron chi connectivity index (χ2n) is 6.71. The van der Waals surface area contributed by atoms with Crippen molar-refractivity contribution in [2.75, 3.05) is 13.9 Å². The standard InChI is InChI=1S/C21H19F6IO4/c1-3-4-14-10-15(19(20(22,23)24,21(25,26)27)31-12-30-2)6-8-17(14)32-18-7-5-13(11-29)9-16(18)28/h5-11H,3-4,12H2,1-2H3. The van der Waals surface area contributed by atoms with Gasteiger partial charge in [-0.1, -0.05) is 19.4 Å². The summed E-state index contributed by atoms with van der Waals surface area (Å²) in [6.07, 6.45) is -10.4. The molecule has 2 aromatic carbocycles. The van der Waals surface area contributed by atoms with E-state index in [2.05, 4.69) is 9.47 Å². The Morgan fingerprint density at radius 1 is 0.969 bits per heavy atom. The number of hydrogen-bond acceptors (Lipinski definition) is 4. The van der Waals surface area contributed by atoms with Gasteiger partial charge in [0.15, 0.2) is 0 Å². The van der Waals surface area contributed by atoms with Gasteiger partial charge < -0.3 is 14.2 Å². The first-order valence-corrected chi connectivity index (χ1v) is 10.3. The Balaban J connectivity index is 2.62. The Morgan fingerprint density at radius 3 is 2.09 bits per heavy atom. The predicted octanol–water partition coefficient (Wildman–Crippen LogP) is 6.79. The van der Waals surface area contributed by atoms with Crippen LogP contribution in [0.5, 0.6) is 11.5 Å². The van der Waals surface area contributed by atoms with Gasteiger partial charge in [0.2, 0.25) is 0 Å². The normalized spacial score (nSPS) is 12.7. The van der Waals surface area contributed by atoms with Crippen LogP contribution in [0.25, 0.3) is 0 Å². The Hall–Kier alpha value is -1.86. The van der Waals surface area contributed by atoms with Crippen LogP contribution in [0.4, 0.5) is 26.3 Å². The van der Waals surface area contributed by atoms with Crippen molar-refractivity contribution in [3.8, 4) is 11.5 Å². The van der Waals surface area contributed by atoms with Crippen LogP contribution in [0.15, 0.2) is 36.4 Å². The van der Waals surface area contributed by atoms with Gasteiger partial charge in [-0.3, -0.25) is 4.79 Å². The van der Waals surface area contributed by atoms with Crippen LogP contribution in [-0.4, -0.2) is 32.5 Å². The predicted molar refractivity (Wildman–Crippen MR) is 112 cm³/mol. The molecule has 0 amide bonds. The van der Waals surface area contributed by atoms with Gasteiger partial charge in [-0.15, -0.1) is 0 Å². The Bertz CT molecular complexity index is 929. The molecule has 0 aliphatic carbocycles. The fraction of sp³-hybridized carbons (Fsp3) is 0.381. The van der Waals surface area contributed by atoms with Gasteiger partial charge in [0.1, 0.15) is 24.6 Å². The highest BCUT2D eigenvalue weighted by molar-refractivity contribution is 14.1. The highest BCUT2D eigenvalue weighted by Crippen LogP contribution is 2.53. The fourth-order valence-electron chi connectivity index (χ4n) is 3.04. The second-order valence-corrected chi connectivity index (χ2v) is 7.87. The Morgan fingerprint density at radius 2 is 1.59 bits per heavy atom. The van der Waals surface area contributed by atoms with E-state index in [1.54, 1.807) is 6.92 Å². The topological polar surface area (TPSA) is 44.8 Å². The minimum atomic E-state index is -5.81. The number of methoxy groups -OCH3 is 1. The third-order valence-electron chi connectivity index (χ3n) is 4.49. The second kappa shape index (κ2) is 10.4. The lowest BCUT2D eigenvalue weighted by atomic mass is 9.89. The summed E-state index contributed by atoms with van der Waals surface area (Å²) in [6.45, 7) is 0.503. The SMILES string of the molecule is CCCc1cc(C(OCOC)(C(F)(F)F)C(F)(F)F)ccc1Oc1ccc(C=O)cc1I.